The summed E-state index contributed by atoms with van der Waals surface area (Å²) >= 11 is 0. The summed E-state index contributed by atoms with van der Waals surface area (Å²) in [5, 5.41) is 49.4. The molecule has 3 rings (SSSR count). The van der Waals surface area contributed by atoms with Crippen LogP contribution in [-0.4, -0.2) is 73.1 Å². The molecule has 1 aliphatic rings. The van der Waals surface area contributed by atoms with Crippen molar-refractivity contribution in [3.05, 3.63) is 36.0 Å². The van der Waals surface area contributed by atoms with Gasteiger partial charge in [-0.2, -0.15) is 0 Å². The van der Waals surface area contributed by atoms with E-state index in [4.69, 9.17) is 4.74 Å². The Morgan fingerprint density at radius 1 is 0.958 bits per heavy atom. The second-order valence-corrected chi connectivity index (χ2v) is 5.97. The average molecular weight is 337 g/mol. The van der Waals surface area contributed by atoms with Gasteiger partial charge in [0.2, 0.25) is 0 Å². The van der Waals surface area contributed by atoms with Crippen LogP contribution in [0.3, 0.4) is 0 Å². The Hall–Kier alpha value is -1.97. The van der Waals surface area contributed by atoms with Crippen LogP contribution in [0.1, 0.15) is 5.69 Å². The first-order chi connectivity index (χ1) is 11.4. The number of hydrogen-bond acceptors (Lipinski definition) is 7. The Kier molecular flexibility index (Phi) is 4.57. The normalized spacial score (nSPS) is 33.5. The van der Waals surface area contributed by atoms with Crippen molar-refractivity contribution in [2.75, 3.05) is 0 Å². The van der Waals surface area contributed by atoms with Crippen molar-refractivity contribution in [2.45, 2.75) is 43.0 Å². The highest BCUT2D eigenvalue weighted by Gasteiger charge is 2.50. The van der Waals surface area contributed by atoms with E-state index >= 15 is 0 Å². The number of aliphatic hydroxyl groups excluding tert-OH is 5. The molecule has 8 heteroatoms. The minimum Gasteiger partial charge on any atom is -0.456 e. The molecule has 0 radical (unpaired) electrons. The van der Waals surface area contributed by atoms with E-state index in [1.165, 1.54) is 0 Å². The van der Waals surface area contributed by atoms with Gasteiger partial charge in [0, 0.05) is 11.2 Å². The molecule has 1 heterocycles. The summed E-state index contributed by atoms with van der Waals surface area (Å²) in [6.07, 6.45) is -10.3. The van der Waals surface area contributed by atoms with Gasteiger partial charge in [0.1, 0.15) is 30.5 Å². The number of carbonyl (C=O) groups is 1. The van der Waals surface area contributed by atoms with E-state index < -0.39 is 42.6 Å². The molecule has 6 atom stereocenters. The predicted octanol–water partition coefficient (Wildman–Crippen LogP) is -1.56. The van der Waals surface area contributed by atoms with Crippen LogP contribution in [0.4, 0.5) is 0 Å². The molecule has 1 saturated carbocycles. The summed E-state index contributed by atoms with van der Waals surface area (Å²) in [6, 6.07) is 9.22. The summed E-state index contributed by atoms with van der Waals surface area (Å²) in [5.41, 5.74) is 1.44. The summed E-state index contributed by atoms with van der Waals surface area (Å²) in [6.45, 7) is 0. The first-order valence-electron chi connectivity index (χ1n) is 7.55. The molecular weight excluding hydrogens is 318 g/mol. The van der Waals surface area contributed by atoms with E-state index in [9.17, 15) is 30.3 Å². The fourth-order valence-electron chi connectivity index (χ4n) is 2.91. The summed E-state index contributed by atoms with van der Waals surface area (Å²) in [5.74, 6) is -0.750. The van der Waals surface area contributed by atoms with Crippen molar-refractivity contribution in [3.63, 3.8) is 0 Å². The molecule has 0 aliphatic heterocycles. The predicted molar refractivity (Wildman–Crippen MR) is 81.9 cm³/mol. The van der Waals surface area contributed by atoms with Crippen molar-refractivity contribution >= 4 is 16.9 Å². The lowest BCUT2D eigenvalue weighted by atomic mass is 9.85. The molecule has 24 heavy (non-hydrogen) atoms. The summed E-state index contributed by atoms with van der Waals surface area (Å²) < 4.78 is 5.01. The molecule has 130 valence electrons. The third-order valence-electron chi connectivity index (χ3n) is 4.26. The largest absolute Gasteiger partial charge is 0.456 e. The van der Waals surface area contributed by atoms with Gasteiger partial charge in [0.25, 0.3) is 0 Å². The number of benzene rings is 1. The number of aromatic amines is 1. The van der Waals surface area contributed by atoms with Gasteiger partial charge in [0.05, 0.1) is 6.42 Å². The number of aliphatic hydroxyl groups is 5. The molecule has 8 nitrogen and oxygen atoms in total. The lowest BCUT2D eigenvalue weighted by molar-refractivity contribution is -0.233. The number of hydrogen-bond donors (Lipinski definition) is 6. The van der Waals surface area contributed by atoms with Gasteiger partial charge in [-0.05, 0) is 17.5 Å². The van der Waals surface area contributed by atoms with Crippen LogP contribution in [0.2, 0.25) is 0 Å². The van der Waals surface area contributed by atoms with E-state index in [0.717, 1.165) is 10.9 Å². The number of ether oxygens (including phenoxy) is 1. The maximum absolute atomic E-state index is 12.1. The van der Waals surface area contributed by atoms with E-state index in [1.54, 1.807) is 6.07 Å². The maximum Gasteiger partial charge on any atom is 0.312 e. The molecule has 1 aromatic heterocycles. The second kappa shape index (κ2) is 6.50. The monoisotopic (exact) mass is 337 g/mol. The van der Waals surface area contributed by atoms with Gasteiger partial charge in [-0.15, -0.1) is 0 Å². The van der Waals surface area contributed by atoms with Gasteiger partial charge in [-0.3, -0.25) is 4.79 Å². The Labute approximate surface area is 136 Å². The molecule has 0 saturated heterocycles. The molecule has 1 aromatic carbocycles. The molecule has 2 aromatic rings. The minimum atomic E-state index is -1.73. The van der Waals surface area contributed by atoms with Gasteiger partial charge in [-0.1, -0.05) is 18.2 Å². The Bertz CT molecular complexity index is 681. The van der Waals surface area contributed by atoms with Crippen molar-refractivity contribution in [2.24, 2.45) is 0 Å². The van der Waals surface area contributed by atoms with E-state index in [2.05, 4.69) is 4.98 Å². The van der Waals surface area contributed by atoms with E-state index in [1.807, 2.05) is 24.3 Å². The zero-order chi connectivity index (χ0) is 17.4. The number of H-pyrrole nitrogens is 1. The van der Waals surface area contributed by atoms with E-state index in [0.29, 0.717) is 5.69 Å². The molecule has 6 N–H and O–H groups in total. The number of rotatable bonds is 3. The lowest BCUT2D eigenvalue weighted by Crippen LogP contribution is -2.64. The number of para-hydroxylation sites is 1. The van der Waals surface area contributed by atoms with Crippen LogP contribution >= 0.6 is 0 Å². The van der Waals surface area contributed by atoms with Crippen LogP contribution in [0, 0.1) is 0 Å². The van der Waals surface area contributed by atoms with Crippen LogP contribution in [0.5, 0.6) is 0 Å². The highest BCUT2D eigenvalue weighted by molar-refractivity contribution is 5.82. The minimum absolute atomic E-state index is 0.140. The van der Waals surface area contributed by atoms with Crippen LogP contribution < -0.4 is 0 Å². The second-order valence-electron chi connectivity index (χ2n) is 5.97. The molecule has 2 unspecified atom stereocenters. The average Bonchev–Trinajstić information content (AvgIpc) is 2.97. The number of aromatic nitrogens is 1. The van der Waals surface area contributed by atoms with Crippen LogP contribution in [-0.2, 0) is 16.0 Å². The molecule has 0 amide bonds. The molecule has 0 bridgehead atoms. The fourth-order valence-corrected chi connectivity index (χ4v) is 2.91. The molecular formula is C16H19NO7. The first-order valence-corrected chi connectivity index (χ1v) is 7.55. The number of carbonyl (C=O) groups excluding carboxylic acids is 1. The Morgan fingerprint density at radius 2 is 1.54 bits per heavy atom. The number of nitrogens with one attached hydrogen (secondary N) is 1. The Balaban J connectivity index is 1.69. The molecule has 0 spiro atoms. The highest BCUT2D eigenvalue weighted by Crippen LogP contribution is 2.24. The SMILES string of the molecule is O=C(Cc1cc2ccccc2[nH]1)OC1[C@@H](O)[C@H](O)C(O)[C@H](O)[C@H]1O. The lowest BCUT2D eigenvalue weighted by Gasteiger charge is -2.41. The fraction of sp³-hybridized carbons (Fsp3) is 0.438. The zero-order valence-electron chi connectivity index (χ0n) is 12.6. The van der Waals surface area contributed by atoms with Crippen LogP contribution in [0.25, 0.3) is 10.9 Å². The summed E-state index contributed by atoms with van der Waals surface area (Å²) in [4.78, 5) is 15.1. The van der Waals surface area contributed by atoms with Gasteiger partial charge < -0.3 is 35.3 Å². The smallest absolute Gasteiger partial charge is 0.312 e. The topological polar surface area (TPSA) is 143 Å². The van der Waals surface area contributed by atoms with Crippen molar-refractivity contribution in [1.29, 1.82) is 0 Å². The Morgan fingerprint density at radius 3 is 2.17 bits per heavy atom. The first kappa shape index (κ1) is 16.9. The summed E-state index contributed by atoms with van der Waals surface area (Å²) in [7, 11) is 0. The van der Waals surface area contributed by atoms with Crippen molar-refractivity contribution in [1.82, 2.24) is 4.98 Å². The highest BCUT2D eigenvalue weighted by atomic mass is 16.6. The molecule has 1 fully saturated rings. The number of fused-ring (bicyclic) bond motifs is 1. The maximum atomic E-state index is 12.1. The molecule has 1 aliphatic carbocycles. The third kappa shape index (κ3) is 3.02. The number of esters is 1. The van der Waals surface area contributed by atoms with Crippen LogP contribution in [0.15, 0.2) is 30.3 Å². The van der Waals surface area contributed by atoms with Gasteiger partial charge in [-0.25, -0.2) is 0 Å². The standard InChI is InChI=1S/C16H19NO7/c18-10(6-8-5-7-3-1-2-4-9(7)17-8)24-16-14(22)12(20)11(19)13(21)15(16)23/h1-5,11-17,19-23H,6H2/t11?,12-,13+,14+,15-,16?. The zero-order valence-corrected chi connectivity index (χ0v) is 12.6. The quantitative estimate of drug-likeness (QED) is 0.372. The van der Waals surface area contributed by atoms with E-state index in [-0.39, 0.29) is 6.42 Å². The third-order valence-corrected chi connectivity index (χ3v) is 4.26. The van der Waals surface area contributed by atoms with Gasteiger partial charge in [0.15, 0.2) is 6.10 Å². The van der Waals surface area contributed by atoms with Gasteiger partial charge >= 0.3 is 5.97 Å². The van der Waals surface area contributed by atoms with Crippen molar-refractivity contribution < 1.29 is 35.1 Å². The van der Waals surface area contributed by atoms with Crippen molar-refractivity contribution in [3.8, 4) is 0 Å².